The molecule has 106 valence electrons. The molecule has 0 unspecified atom stereocenters. The Morgan fingerprint density at radius 2 is 1.89 bits per heavy atom. The maximum atomic E-state index is 14.0. The quantitative estimate of drug-likeness (QED) is 0.709. The van der Waals surface area contributed by atoms with Crippen LogP contribution in [-0.4, -0.2) is 28.8 Å². The van der Waals surface area contributed by atoms with Crippen molar-refractivity contribution < 1.29 is 12.8 Å². The second-order valence-electron chi connectivity index (χ2n) is 4.63. The lowest BCUT2D eigenvalue weighted by Gasteiger charge is -2.28. The van der Waals surface area contributed by atoms with Crippen molar-refractivity contribution in [2.24, 2.45) is 0 Å². The Hall–Kier alpha value is 0.0200. The minimum absolute atomic E-state index is 0.203. The van der Waals surface area contributed by atoms with Crippen LogP contribution in [0.25, 0.3) is 0 Å². The van der Waals surface area contributed by atoms with Crippen molar-refractivity contribution in [3.8, 4) is 0 Å². The van der Waals surface area contributed by atoms with Crippen LogP contribution in [-0.2, 0) is 10.0 Å². The summed E-state index contributed by atoms with van der Waals surface area (Å²) in [5.74, 6) is 0. The molecule has 1 aromatic carbocycles. The van der Waals surface area contributed by atoms with Crippen LogP contribution < -0.4 is 0 Å². The topological polar surface area (TPSA) is 37.4 Å². The molecule has 0 spiro atoms. The van der Waals surface area contributed by atoms with Crippen LogP contribution in [0.4, 0.5) is 4.39 Å². The molecular formula is C12H14Br2FNO2S. The van der Waals surface area contributed by atoms with E-state index in [1.807, 2.05) is 6.92 Å². The molecule has 0 N–H and O–H groups in total. The maximum absolute atomic E-state index is 14.0. The van der Waals surface area contributed by atoms with E-state index in [9.17, 15) is 12.8 Å². The van der Waals surface area contributed by atoms with E-state index in [2.05, 4.69) is 31.9 Å². The van der Waals surface area contributed by atoms with Gasteiger partial charge in [-0.15, -0.1) is 0 Å². The second-order valence-corrected chi connectivity index (χ2v) is 9.89. The van der Waals surface area contributed by atoms with E-state index in [1.165, 1.54) is 4.31 Å². The van der Waals surface area contributed by atoms with E-state index in [-0.39, 0.29) is 4.90 Å². The lowest BCUT2D eigenvalue weighted by atomic mass is 10.2. The molecule has 1 aliphatic heterocycles. The average Bonchev–Trinajstić information content (AvgIpc) is 2.78. The van der Waals surface area contributed by atoms with Crippen LogP contribution in [0.2, 0.25) is 0 Å². The molecule has 0 radical (unpaired) electrons. The highest BCUT2D eigenvalue weighted by Gasteiger charge is 2.46. The van der Waals surface area contributed by atoms with Crippen molar-refractivity contribution in [3.63, 3.8) is 0 Å². The molecule has 1 atom stereocenters. The Kier molecular flexibility index (Phi) is 4.40. The summed E-state index contributed by atoms with van der Waals surface area (Å²) in [5.41, 5.74) is 0.984. The summed E-state index contributed by atoms with van der Waals surface area (Å²) in [6, 6.07) is 5.86. The fraction of sp³-hybridized carbons (Fsp3) is 0.500. The number of hydrogen-bond donors (Lipinski definition) is 0. The molecule has 2 rings (SSSR count). The van der Waals surface area contributed by atoms with Gasteiger partial charge >= 0.3 is 0 Å². The highest BCUT2D eigenvalue weighted by atomic mass is 79.9. The van der Waals surface area contributed by atoms with Gasteiger partial charge in [-0.05, 0) is 63.8 Å². The Labute approximate surface area is 129 Å². The maximum Gasteiger partial charge on any atom is 0.243 e. The van der Waals surface area contributed by atoms with Gasteiger partial charge in [-0.1, -0.05) is 17.7 Å². The first-order valence-electron chi connectivity index (χ1n) is 5.88. The van der Waals surface area contributed by atoms with Crippen molar-refractivity contribution >= 4 is 41.9 Å². The third kappa shape index (κ3) is 3.20. The van der Waals surface area contributed by atoms with Gasteiger partial charge in [0, 0.05) is 6.54 Å². The molecule has 1 fully saturated rings. The van der Waals surface area contributed by atoms with Crippen molar-refractivity contribution in [1.82, 2.24) is 4.31 Å². The fourth-order valence-corrected chi connectivity index (χ4v) is 5.13. The number of hydrogen-bond acceptors (Lipinski definition) is 2. The van der Waals surface area contributed by atoms with Crippen molar-refractivity contribution in [2.75, 3.05) is 6.54 Å². The third-order valence-corrected chi connectivity index (χ3v) is 6.19. The summed E-state index contributed by atoms with van der Waals surface area (Å²) in [4.78, 5) is 0.203. The summed E-state index contributed by atoms with van der Waals surface area (Å²) in [7, 11) is -3.65. The zero-order valence-corrected chi connectivity index (χ0v) is 14.3. The number of aryl methyl sites for hydroxylation is 1. The van der Waals surface area contributed by atoms with E-state index in [1.54, 1.807) is 24.3 Å². The van der Waals surface area contributed by atoms with Crippen LogP contribution in [0, 0.1) is 6.92 Å². The van der Waals surface area contributed by atoms with Crippen molar-refractivity contribution in [2.45, 2.75) is 34.2 Å². The Morgan fingerprint density at radius 3 is 2.42 bits per heavy atom. The van der Waals surface area contributed by atoms with Crippen LogP contribution in [0.3, 0.4) is 0 Å². The molecule has 0 bridgehead atoms. The first kappa shape index (κ1) is 15.4. The molecule has 0 amide bonds. The molecule has 1 aliphatic rings. The molecule has 1 heterocycles. The average molecular weight is 415 g/mol. The smallest absolute Gasteiger partial charge is 0.217 e. The predicted octanol–water partition coefficient (Wildman–Crippen LogP) is 3.56. The first-order valence-corrected chi connectivity index (χ1v) is 8.91. The monoisotopic (exact) mass is 413 g/mol. The molecule has 1 saturated heterocycles. The van der Waals surface area contributed by atoms with Gasteiger partial charge in [0.05, 0.1) is 10.9 Å². The van der Waals surface area contributed by atoms with Gasteiger partial charge < -0.3 is 0 Å². The van der Waals surface area contributed by atoms with Gasteiger partial charge in [-0.2, -0.15) is 4.31 Å². The minimum atomic E-state index is -3.65. The molecular weight excluding hydrogens is 401 g/mol. The SMILES string of the molecule is Cc1ccc(S(=O)(=O)N2CCC[C@H]2C(F)(Br)Br)cc1. The van der Waals surface area contributed by atoms with Gasteiger partial charge in [-0.3, -0.25) is 0 Å². The number of alkyl halides is 3. The highest BCUT2D eigenvalue weighted by Crippen LogP contribution is 2.42. The van der Waals surface area contributed by atoms with E-state index >= 15 is 0 Å². The Balaban J connectivity index is 2.37. The summed E-state index contributed by atoms with van der Waals surface area (Å²) >= 11 is 5.73. The predicted molar refractivity (Wildman–Crippen MR) is 79.8 cm³/mol. The van der Waals surface area contributed by atoms with Crippen molar-refractivity contribution in [3.05, 3.63) is 29.8 Å². The molecule has 3 nitrogen and oxygen atoms in total. The van der Waals surface area contributed by atoms with E-state index in [4.69, 9.17) is 0 Å². The molecule has 7 heteroatoms. The zero-order valence-electron chi connectivity index (χ0n) is 10.3. The lowest BCUT2D eigenvalue weighted by Crippen LogP contribution is -2.42. The van der Waals surface area contributed by atoms with E-state index in [0.29, 0.717) is 19.4 Å². The molecule has 1 aromatic rings. The van der Waals surface area contributed by atoms with Crippen LogP contribution in [0.15, 0.2) is 29.2 Å². The van der Waals surface area contributed by atoms with E-state index < -0.39 is 19.6 Å². The van der Waals surface area contributed by atoms with Crippen molar-refractivity contribution in [1.29, 1.82) is 0 Å². The molecule has 0 aliphatic carbocycles. The number of halogens is 3. The van der Waals surface area contributed by atoms with E-state index in [0.717, 1.165) is 5.56 Å². The molecule has 0 aromatic heterocycles. The zero-order chi connectivity index (χ0) is 14.3. The standard InChI is InChI=1S/C12H14Br2FNO2S/c1-9-4-6-10(7-5-9)19(17,18)16-8-2-3-11(16)12(13,14)15/h4-7,11H,2-3,8H2,1H3/t11-/m0/s1. The third-order valence-electron chi connectivity index (χ3n) is 3.21. The summed E-state index contributed by atoms with van der Waals surface area (Å²) in [6.45, 7) is 2.22. The second kappa shape index (κ2) is 5.42. The minimum Gasteiger partial charge on any atom is -0.217 e. The summed E-state index contributed by atoms with van der Waals surface area (Å²) in [6.07, 6.45) is 1.14. The summed E-state index contributed by atoms with van der Waals surface area (Å²) in [5, 5.41) is 0. The number of sulfonamides is 1. The highest BCUT2D eigenvalue weighted by molar-refractivity contribution is 9.25. The van der Waals surface area contributed by atoms with Gasteiger partial charge in [0.25, 0.3) is 0 Å². The summed E-state index contributed by atoms with van der Waals surface area (Å²) < 4.78 is 38.4. The van der Waals surface area contributed by atoms with Crippen LogP contribution >= 0.6 is 31.9 Å². The fourth-order valence-electron chi connectivity index (χ4n) is 2.20. The van der Waals surface area contributed by atoms with Gasteiger partial charge in [-0.25, -0.2) is 12.8 Å². The van der Waals surface area contributed by atoms with Gasteiger partial charge in [0.1, 0.15) is 0 Å². The van der Waals surface area contributed by atoms with Crippen LogP contribution in [0.1, 0.15) is 18.4 Å². The Bertz CT molecular complexity index is 554. The number of rotatable bonds is 3. The lowest BCUT2D eigenvalue weighted by molar-refractivity contribution is 0.270. The Morgan fingerprint density at radius 1 is 1.32 bits per heavy atom. The number of nitrogens with zero attached hydrogens (tertiary/aromatic N) is 1. The van der Waals surface area contributed by atoms with Gasteiger partial charge in [0.15, 0.2) is 0 Å². The largest absolute Gasteiger partial charge is 0.243 e. The number of benzene rings is 1. The molecule has 19 heavy (non-hydrogen) atoms. The molecule has 0 saturated carbocycles. The van der Waals surface area contributed by atoms with Gasteiger partial charge in [0.2, 0.25) is 13.5 Å². The normalized spacial score (nSPS) is 21.8. The van der Waals surface area contributed by atoms with Crippen LogP contribution in [0.5, 0.6) is 0 Å². The first-order chi connectivity index (χ1) is 8.73.